The average molecular weight is 475 g/mol. The summed E-state index contributed by atoms with van der Waals surface area (Å²) in [5, 5.41) is 22.5. The summed E-state index contributed by atoms with van der Waals surface area (Å²) in [4.78, 5) is 6.53. The number of hydrogen-bond donors (Lipinski definition) is 2. The maximum Gasteiger partial charge on any atom is 0.0961 e. The Morgan fingerprint density at radius 2 is 1.97 bits per heavy atom. The number of aryl methyl sites for hydroxylation is 1. The lowest BCUT2D eigenvalue weighted by atomic mass is 9.57. The summed E-state index contributed by atoms with van der Waals surface area (Å²) in [5.74, 6) is 0.776. The molecule has 0 radical (unpaired) electrons. The molecule has 2 saturated carbocycles. The van der Waals surface area contributed by atoms with E-state index >= 15 is 0 Å². The lowest BCUT2D eigenvalue weighted by Gasteiger charge is -2.59. The van der Waals surface area contributed by atoms with Crippen molar-refractivity contribution in [3.05, 3.63) is 59.0 Å². The zero-order valence-electron chi connectivity index (χ0n) is 21.4. The molecule has 1 aromatic rings. The van der Waals surface area contributed by atoms with Gasteiger partial charge >= 0.3 is 0 Å². The maximum atomic E-state index is 11.5. The molecule has 2 saturated heterocycles. The standard InChI is InChI=1S/C30H38N2O3/c1-18-19(6-5-15-31-18)7-8-20-9-10-24-27(20,2)12-11-21-22-16-29(22)26(34)25(33)23(32(3)4)17-28(29)13-14-30(21,24)35-28/h5-9,11,15,22-26,33-34H,10,12-14,16-17H2,1-4H3/b8-7+/t22?,23-,24?,25+,26-,27+,28+,29?,30+/m0/s1. The Hall–Kier alpha value is -1.79. The largest absolute Gasteiger partial charge is 0.390 e. The smallest absolute Gasteiger partial charge is 0.0961 e. The molecule has 5 nitrogen and oxygen atoms in total. The van der Waals surface area contributed by atoms with Crippen molar-refractivity contribution in [1.82, 2.24) is 9.88 Å². The SMILES string of the molecule is Cc1ncccc1/C=C/C1=CCC2[C@]1(C)CC=C1C3CC34[C@@H](O)[C@H](O)[C@@H](N(C)C)C[C@]43CC[C@@]12O3. The molecule has 4 aliphatic carbocycles. The summed E-state index contributed by atoms with van der Waals surface area (Å²) in [6.07, 6.45) is 15.7. The molecule has 2 bridgehead atoms. The van der Waals surface area contributed by atoms with Crippen LogP contribution in [0, 0.1) is 29.6 Å². The average Bonchev–Trinajstić information content (AvgIpc) is 3.37. The van der Waals surface area contributed by atoms with Crippen LogP contribution in [0.3, 0.4) is 0 Å². The molecule has 0 aromatic carbocycles. The van der Waals surface area contributed by atoms with E-state index in [0.29, 0.717) is 11.8 Å². The van der Waals surface area contributed by atoms with Crippen LogP contribution < -0.4 is 0 Å². The minimum absolute atomic E-state index is 0.0459. The number of aliphatic hydroxyl groups excluding tert-OH is 2. The van der Waals surface area contributed by atoms with E-state index in [1.807, 2.05) is 26.4 Å². The monoisotopic (exact) mass is 474 g/mol. The molecule has 35 heavy (non-hydrogen) atoms. The van der Waals surface area contributed by atoms with Crippen LogP contribution in [-0.2, 0) is 4.74 Å². The van der Waals surface area contributed by atoms with Gasteiger partial charge in [-0.2, -0.15) is 0 Å². The van der Waals surface area contributed by atoms with Crippen molar-refractivity contribution in [2.75, 3.05) is 14.1 Å². The molecule has 5 heteroatoms. The number of hydrogen-bond acceptors (Lipinski definition) is 5. The first-order valence-electron chi connectivity index (χ1n) is 13.4. The lowest BCUT2D eigenvalue weighted by molar-refractivity contribution is -0.248. The highest BCUT2D eigenvalue weighted by atomic mass is 16.5. The Morgan fingerprint density at radius 1 is 1.14 bits per heavy atom. The van der Waals surface area contributed by atoms with E-state index in [2.05, 4.69) is 54.1 Å². The summed E-state index contributed by atoms with van der Waals surface area (Å²) in [5.41, 5.74) is 4.28. The van der Waals surface area contributed by atoms with Gasteiger partial charge in [0.2, 0.25) is 0 Å². The Bertz CT molecular complexity index is 1190. The Morgan fingerprint density at radius 3 is 2.74 bits per heavy atom. The first kappa shape index (κ1) is 22.4. The van der Waals surface area contributed by atoms with E-state index in [4.69, 9.17) is 4.74 Å². The number of likely N-dealkylation sites (N-methyl/N-ethyl adjacent to an activating group) is 1. The Labute approximate surface area is 208 Å². The summed E-state index contributed by atoms with van der Waals surface area (Å²) < 4.78 is 7.40. The van der Waals surface area contributed by atoms with Gasteiger partial charge in [-0.3, -0.25) is 4.98 Å². The quantitative estimate of drug-likeness (QED) is 0.647. The molecule has 3 unspecified atom stereocenters. The van der Waals surface area contributed by atoms with Gasteiger partial charge in [0, 0.05) is 34.7 Å². The third-order valence-corrected chi connectivity index (χ3v) is 11.2. The second-order valence-electron chi connectivity index (χ2n) is 12.7. The topological polar surface area (TPSA) is 65.8 Å². The highest BCUT2D eigenvalue weighted by Crippen LogP contribution is 2.81. The second-order valence-corrected chi connectivity index (χ2v) is 12.7. The van der Waals surface area contributed by atoms with Crippen LogP contribution in [0.4, 0.5) is 0 Å². The third kappa shape index (κ3) is 2.56. The van der Waals surface area contributed by atoms with E-state index in [0.717, 1.165) is 44.2 Å². The summed E-state index contributed by atoms with van der Waals surface area (Å²) >= 11 is 0. The zero-order valence-corrected chi connectivity index (χ0v) is 21.4. The van der Waals surface area contributed by atoms with E-state index < -0.39 is 12.2 Å². The van der Waals surface area contributed by atoms with E-state index in [9.17, 15) is 10.2 Å². The lowest BCUT2D eigenvalue weighted by Crippen LogP contribution is -2.67. The molecule has 3 spiro atoms. The molecule has 3 heterocycles. The summed E-state index contributed by atoms with van der Waals surface area (Å²) in [6, 6.07) is 4.06. The maximum absolute atomic E-state index is 11.5. The van der Waals surface area contributed by atoms with Crippen molar-refractivity contribution < 1.29 is 14.9 Å². The number of ether oxygens (including phenoxy) is 1. The van der Waals surface area contributed by atoms with Crippen molar-refractivity contribution in [3.8, 4) is 0 Å². The van der Waals surface area contributed by atoms with E-state index in [1.165, 1.54) is 16.7 Å². The van der Waals surface area contributed by atoms with Crippen LogP contribution in [0.25, 0.3) is 6.08 Å². The van der Waals surface area contributed by atoms with Gasteiger partial charge in [-0.1, -0.05) is 37.3 Å². The number of aromatic nitrogens is 1. The van der Waals surface area contributed by atoms with E-state index in [1.54, 1.807) is 0 Å². The van der Waals surface area contributed by atoms with Crippen molar-refractivity contribution in [2.45, 2.75) is 81.8 Å². The van der Waals surface area contributed by atoms with Crippen molar-refractivity contribution in [1.29, 1.82) is 0 Å². The van der Waals surface area contributed by atoms with Crippen LogP contribution in [0.5, 0.6) is 0 Å². The van der Waals surface area contributed by atoms with Gasteiger partial charge in [-0.25, -0.2) is 0 Å². The van der Waals surface area contributed by atoms with Crippen LogP contribution in [-0.4, -0.2) is 63.6 Å². The van der Waals surface area contributed by atoms with Gasteiger partial charge in [0.25, 0.3) is 0 Å². The van der Waals surface area contributed by atoms with Crippen LogP contribution in [0.15, 0.2) is 47.7 Å². The van der Waals surface area contributed by atoms with Gasteiger partial charge < -0.3 is 19.8 Å². The number of nitrogens with zero attached hydrogens (tertiary/aromatic N) is 2. The number of aliphatic hydroxyl groups is 2. The number of fused-ring (bicyclic) bond motifs is 2. The van der Waals surface area contributed by atoms with Gasteiger partial charge in [0.05, 0.1) is 23.4 Å². The Balaban J connectivity index is 1.25. The number of pyridine rings is 1. The normalized spacial score (nSPS) is 49.3. The van der Waals surface area contributed by atoms with Gasteiger partial charge in [-0.05, 0) is 88.2 Å². The fraction of sp³-hybridized carbons (Fsp3) is 0.633. The minimum Gasteiger partial charge on any atom is -0.390 e. The van der Waals surface area contributed by atoms with Crippen LogP contribution in [0.2, 0.25) is 0 Å². The predicted octanol–water partition coefficient (Wildman–Crippen LogP) is 4.05. The second kappa shape index (κ2) is 6.95. The van der Waals surface area contributed by atoms with Gasteiger partial charge in [0.1, 0.15) is 0 Å². The Kier molecular flexibility index (Phi) is 4.45. The molecule has 186 valence electrons. The zero-order chi connectivity index (χ0) is 24.4. The highest BCUT2D eigenvalue weighted by Gasteiger charge is 2.84. The summed E-state index contributed by atoms with van der Waals surface area (Å²) in [6.45, 7) is 4.50. The first-order chi connectivity index (χ1) is 16.7. The molecular weight excluding hydrogens is 436 g/mol. The predicted molar refractivity (Wildman–Crippen MR) is 135 cm³/mol. The van der Waals surface area contributed by atoms with Crippen molar-refractivity contribution in [3.63, 3.8) is 0 Å². The van der Waals surface area contributed by atoms with Crippen molar-refractivity contribution in [2.24, 2.45) is 22.7 Å². The number of rotatable bonds is 3. The fourth-order valence-electron chi connectivity index (χ4n) is 9.32. The fourth-order valence-corrected chi connectivity index (χ4v) is 9.32. The number of allylic oxidation sites excluding steroid dienone is 4. The third-order valence-electron chi connectivity index (χ3n) is 11.2. The summed E-state index contributed by atoms with van der Waals surface area (Å²) in [7, 11) is 4.03. The minimum atomic E-state index is -0.720. The molecule has 6 aliphatic rings. The molecule has 4 fully saturated rings. The molecule has 0 amide bonds. The van der Waals surface area contributed by atoms with Crippen LogP contribution in [0.1, 0.15) is 56.7 Å². The van der Waals surface area contributed by atoms with Gasteiger partial charge in [-0.15, -0.1) is 0 Å². The molecular formula is C30H38N2O3. The van der Waals surface area contributed by atoms with Gasteiger partial charge in [0.15, 0.2) is 0 Å². The molecule has 7 rings (SSSR count). The molecule has 2 aliphatic heterocycles. The highest BCUT2D eigenvalue weighted by molar-refractivity contribution is 5.58. The molecule has 1 aromatic heterocycles. The molecule has 9 atom stereocenters. The van der Waals surface area contributed by atoms with Crippen molar-refractivity contribution >= 4 is 6.08 Å². The van der Waals surface area contributed by atoms with E-state index in [-0.39, 0.29) is 28.1 Å². The first-order valence-corrected chi connectivity index (χ1v) is 13.4. The molecule has 2 N–H and O–H groups in total. The van der Waals surface area contributed by atoms with Crippen LogP contribution >= 0.6 is 0 Å².